The standard InChI is InChI=1S/C23H31ClN2O5S/c1-17-19(24)9-5-10-20(17)26(32(4,28)29)15-7-11-23(27)25-14-6-8-18-12-13-21(30-2)22(16-18)31-3/h5,9-10,12-13,16H,6-8,11,14-15H2,1-4H3,(H,25,27). The van der Waals surface area contributed by atoms with Crippen LogP contribution in [0.15, 0.2) is 36.4 Å². The second-order valence-corrected chi connectivity index (χ2v) is 9.78. The Morgan fingerprint density at radius 3 is 2.47 bits per heavy atom. The van der Waals surface area contributed by atoms with Crippen molar-refractivity contribution in [3.8, 4) is 11.5 Å². The zero-order valence-corrected chi connectivity index (χ0v) is 20.6. The summed E-state index contributed by atoms with van der Waals surface area (Å²) >= 11 is 6.14. The van der Waals surface area contributed by atoms with Gasteiger partial charge < -0.3 is 14.8 Å². The van der Waals surface area contributed by atoms with Crippen molar-refractivity contribution in [3.05, 3.63) is 52.5 Å². The Hall–Kier alpha value is -2.45. The van der Waals surface area contributed by atoms with Gasteiger partial charge in [-0.25, -0.2) is 8.42 Å². The first-order valence-corrected chi connectivity index (χ1v) is 12.6. The van der Waals surface area contributed by atoms with Gasteiger partial charge in [-0.3, -0.25) is 9.10 Å². The fourth-order valence-electron chi connectivity index (χ4n) is 3.36. The Morgan fingerprint density at radius 2 is 1.81 bits per heavy atom. The molecular formula is C23H31ClN2O5S. The molecule has 2 rings (SSSR count). The van der Waals surface area contributed by atoms with Gasteiger partial charge >= 0.3 is 0 Å². The monoisotopic (exact) mass is 482 g/mol. The molecule has 0 fully saturated rings. The fourth-order valence-corrected chi connectivity index (χ4v) is 4.54. The molecule has 0 heterocycles. The lowest BCUT2D eigenvalue weighted by Gasteiger charge is -2.24. The normalized spacial score (nSPS) is 11.2. The van der Waals surface area contributed by atoms with Crippen LogP contribution in [0.2, 0.25) is 5.02 Å². The summed E-state index contributed by atoms with van der Waals surface area (Å²) in [6, 6.07) is 10.9. The molecule has 0 radical (unpaired) electrons. The molecule has 176 valence electrons. The minimum Gasteiger partial charge on any atom is -0.493 e. The number of hydrogen-bond donors (Lipinski definition) is 1. The Kier molecular flexibility index (Phi) is 9.65. The first-order valence-electron chi connectivity index (χ1n) is 10.4. The van der Waals surface area contributed by atoms with Crippen LogP contribution in [0.3, 0.4) is 0 Å². The molecule has 0 aliphatic rings. The van der Waals surface area contributed by atoms with E-state index in [0.717, 1.165) is 24.7 Å². The van der Waals surface area contributed by atoms with Gasteiger partial charge in [-0.15, -0.1) is 0 Å². The molecule has 1 N–H and O–H groups in total. The van der Waals surface area contributed by atoms with Crippen molar-refractivity contribution < 1.29 is 22.7 Å². The molecule has 2 aromatic carbocycles. The van der Waals surface area contributed by atoms with Gasteiger partial charge in [0.15, 0.2) is 11.5 Å². The lowest BCUT2D eigenvalue weighted by molar-refractivity contribution is -0.121. The summed E-state index contributed by atoms with van der Waals surface area (Å²) in [6.45, 7) is 2.52. The van der Waals surface area contributed by atoms with E-state index in [0.29, 0.717) is 40.7 Å². The number of methoxy groups -OCH3 is 2. The highest BCUT2D eigenvalue weighted by molar-refractivity contribution is 7.92. The highest BCUT2D eigenvalue weighted by Crippen LogP contribution is 2.29. The van der Waals surface area contributed by atoms with E-state index in [9.17, 15) is 13.2 Å². The number of sulfonamides is 1. The van der Waals surface area contributed by atoms with Crippen molar-refractivity contribution in [3.63, 3.8) is 0 Å². The lowest BCUT2D eigenvalue weighted by Crippen LogP contribution is -2.32. The largest absolute Gasteiger partial charge is 0.493 e. The van der Waals surface area contributed by atoms with Crippen LogP contribution in [0, 0.1) is 6.92 Å². The molecule has 0 aliphatic carbocycles. The second-order valence-electron chi connectivity index (χ2n) is 7.47. The third-order valence-corrected chi connectivity index (χ3v) is 6.67. The fraction of sp³-hybridized carbons (Fsp3) is 0.435. The Morgan fingerprint density at radius 1 is 1.09 bits per heavy atom. The quantitative estimate of drug-likeness (QED) is 0.463. The number of anilines is 1. The van der Waals surface area contributed by atoms with Crippen LogP contribution in [-0.2, 0) is 21.2 Å². The molecule has 0 bridgehead atoms. The Bertz CT molecular complexity index is 1030. The van der Waals surface area contributed by atoms with Gasteiger partial charge in [0.1, 0.15) is 0 Å². The first-order chi connectivity index (χ1) is 15.2. The van der Waals surface area contributed by atoms with E-state index < -0.39 is 10.0 Å². The van der Waals surface area contributed by atoms with E-state index in [1.807, 2.05) is 18.2 Å². The Labute approximate surface area is 195 Å². The third-order valence-electron chi connectivity index (χ3n) is 5.09. The number of benzene rings is 2. The van der Waals surface area contributed by atoms with E-state index in [-0.39, 0.29) is 18.9 Å². The third kappa shape index (κ3) is 7.31. The van der Waals surface area contributed by atoms with E-state index >= 15 is 0 Å². The second kappa shape index (κ2) is 12.0. The van der Waals surface area contributed by atoms with Crippen molar-refractivity contribution in [2.45, 2.75) is 32.6 Å². The molecule has 0 spiro atoms. The molecule has 0 saturated carbocycles. The van der Waals surface area contributed by atoms with E-state index in [4.69, 9.17) is 21.1 Å². The van der Waals surface area contributed by atoms with Gasteiger partial charge in [-0.2, -0.15) is 0 Å². The van der Waals surface area contributed by atoms with E-state index in [2.05, 4.69) is 5.32 Å². The smallest absolute Gasteiger partial charge is 0.232 e. The summed E-state index contributed by atoms with van der Waals surface area (Å²) in [4.78, 5) is 12.2. The van der Waals surface area contributed by atoms with Crippen LogP contribution in [0.1, 0.15) is 30.4 Å². The SMILES string of the molecule is COc1ccc(CCCNC(=O)CCCN(c2cccc(Cl)c2C)S(C)(=O)=O)cc1OC. The Balaban J connectivity index is 1.80. The molecule has 0 aliphatic heterocycles. The topological polar surface area (TPSA) is 84.9 Å². The molecule has 0 atom stereocenters. The van der Waals surface area contributed by atoms with Gasteiger partial charge in [-0.05, 0) is 61.6 Å². The number of halogens is 1. The molecular weight excluding hydrogens is 452 g/mol. The highest BCUT2D eigenvalue weighted by atomic mass is 35.5. The molecule has 32 heavy (non-hydrogen) atoms. The number of ether oxygens (including phenoxy) is 2. The number of rotatable bonds is 12. The van der Waals surface area contributed by atoms with E-state index in [1.165, 1.54) is 4.31 Å². The van der Waals surface area contributed by atoms with Gasteiger partial charge in [0.05, 0.1) is 26.2 Å². The highest BCUT2D eigenvalue weighted by Gasteiger charge is 2.20. The van der Waals surface area contributed by atoms with E-state index in [1.54, 1.807) is 39.3 Å². The van der Waals surface area contributed by atoms with Crippen molar-refractivity contribution in [1.29, 1.82) is 0 Å². The molecule has 9 heteroatoms. The maximum atomic E-state index is 12.3. The van der Waals surface area contributed by atoms with Gasteiger partial charge in [-0.1, -0.05) is 23.7 Å². The zero-order chi connectivity index (χ0) is 23.7. The molecule has 7 nitrogen and oxygen atoms in total. The van der Waals surface area contributed by atoms with Crippen molar-refractivity contribution in [2.75, 3.05) is 37.9 Å². The minimum atomic E-state index is -3.49. The summed E-state index contributed by atoms with van der Waals surface area (Å²) < 4.78 is 36.4. The first kappa shape index (κ1) is 25.8. The number of nitrogens with zero attached hydrogens (tertiary/aromatic N) is 1. The van der Waals surface area contributed by atoms with Crippen molar-refractivity contribution in [2.24, 2.45) is 0 Å². The van der Waals surface area contributed by atoms with Crippen molar-refractivity contribution >= 4 is 33.2 Å². The average molecular weight is 483 g/mol. The molecule has 0 unspecified atom stereocenters. The van der Waals surface area contributed by atoms with Crippen LogP contribution in [-0.4, -0.2) is 47.9 Å². The number of amides is 1. The number of carbonyl (C=O) groups excluding carboxylic acids is 1. The summed E-state index contributed by atoms with van der Waals surface area (Å²) in [6.07, 6.45) is 3.36. The average Bonchev–Trinajstić information content (AvgIpc) is 2.75. The van der Waals surface area contributed by atoms with Gasteiger partial charge in [0.25, 0.3) is 0 Å². The summed E-state index contributed by atoms with van der Waals surface area (Å²) in [5, 5.41) is 3.40. The molecule has 0 aromatic heterocycles. The predicted molar refractivity (Wildman–Crippen MR) is 128 cm³/mol. The van der Waals surface area contributed by atoms with Crippen LogP contribution >= 0.6 is 11.6 Å². The maximum absolute atomic E-state index is 12.3. The number of aryl methyl sites for hydroxylation is 1. The van der Waals surface area contributed by atoms with Crippen LogP contribution < -0.4 is 19.1 Å². The van der Waals surface area contributed by atoms with Crippen LogP contribution in [0.4, 0.5) is 5.69 Å². The summed E-state index contributed by atoms with van der Waals surface area (Å²) in [5.41, 5.74) is 2.33. The molecule has 0 saturated heterocycles. The van der Waals surface area contributed by atoms with Gasteiger partial charge in [0, 0.05) is 24.5 Å². The van der Waals surface area contributed by atoms with Crippen LogP contribution in [0.25, 0.3) is 0 Å². The summed E-state index contributed by atoms with van der Waals surface area (Å²) in [7, 11) is -0.300. The summed E-state index contributed by atoms with van der Waals surface area (Å²) in [5.74, 6) is 1.26. The molecule has 1 amide bonds. The number of hydrogen-bond acceptors (Lipinski definition) is 5. The minimum absolute atomic E-state index is 0.103. The zero-order valence-electron chi connectivity index (χ0n) is 19.0. The molecule has 2 aromatic rings. The maximum Gasteiger partial charge on any atom is 0.232 e. The number of carbonyl (C=O) groups is 1. The van der Waals surface area contributed by atoms with Crippen LogP contribution in [0.5, 0.6) is 11.5 Å². The predicted octanol–water partition coefficient (Wildman–Crippen LogP) is 3.96. The van der Waals surface area contributed by atoms with Gasteiger partial charge in [0.2, 0.25) is 15.9 Å². The number of nitrogens with one attached hydrogen (secondary N) is 1. The van der Waals surface area contributed by atoms with Crippen molar-refractivity contribution in [1.82, 2.24) is 5.32 Å². The lowest BCUT2D eigenvalue weighted by atomic mass is 10.1.